The summed E-state index contributed by atoms with van der Waals surface area (Å²) in [5.41, 5.74) is 5.15. The molecule has 1 aromatic heterocycles. The van der Waals surface area contributed by atoms with Crippen LogP contribution in [0, 0.1) is 19.8 Å². The lowest BCUT2D eigenvalue weighted by molar-refractivity contribution is 0.548. The van der Waals surface area contributed by atoms with Gasteiger partial charge in [0, 0.05) is 24.9 Å². The molecule has 0 aliphatic carbocycles. The van der Waals surface area contributed by atoms with Gasteiger partial charge in [-0.3, -0.25) is 0 Å². The number of H-pyrrole nitrogens is 1. The van der Waals surface area contributed by atoms with Gasteiger partial charge in [0.05, 0.1) is 0 Å². The highest BCUT2D eigenvalue weighted by Gasteiger charge is 2.03. The molecule has 0 bridgehead atoms. The van der Waals surface area contributed by atoms with Crippen molar-refractivity contribution in [1.29, 1.82) is 0 Å². The third-order valence-corrected chi connectivity index (χ3v) is 3.49. The van der Waals surface area contributed by atoms with Crippen LogP contribution in [0.25, 0.3) is 0 Å². The van der Waals surface area contributed by atoms with Crippen molar-refractivity contribution < 1.29 is 0 Å². The molecule has 1 heterocycles. The predicted molar refractivity (Wildman–Crippen MR) is 83.9 cm³/mol. The molecule has 0 fully saturated rings. The van der Waals surface area contributed by atoms with Gasteiger partial charge in [-0.25, -0.2) is 4.98 Å². The highest BCUT2D eigenvalue weighted by atomic mass is 15.0. The van der Waals surface area contributed by atoms with Crippen molar-refractivity contribution in [3.8, 4) is 0 Å². The van der Waals surface area contributed by atoms with Crippen LogP contribution in [0.1, 0.15) is 42.1 Å². The van der Waals surface area contributed by atoms with Gasteiger partial charge < -0.3 is 10.3 Å². The van der Waals surface area contributed by atoms with Crippen LogP contribution in [-0.4, -0.2) is 16.5 Å². The Labute approximate surface area is 121 Å². The quantitative estimate of drug-likeness (QED) is 0.845. The van der Waals surface area contributed by atoms with Crippen molar-refractivity contribution >= 4 is 0 Å². The van der Waals surface area contributed by atoms with E-state index >= 15 is 0 Å². The summed E-state index contributed by atoms with van der Waals surface area (Å²) >= 11 is 0. The van der Waals surface area contributed by atoms with Crippen LogP contribution in [0.15, 0.2) is 24.4 Å². The number of hydrogen-bond donors (Lipinski definition) is 2. The summed E-state index contributed by atoms with van der Waals surface area (Å²) in [7, 11) is 0. The van der Waals surface area contributed by atoms with Gasteiger partial charge >= 0.3 is 0 Å². The number of benzene rings is 1. The van der Waals surface area contributed by atoms with Crippen LogP contribution in [0.3, 0.4) is 0 Å². The van der Waals surface area contributed by atoms with Gasteiger partial charge in [-0.2, -0.15) is 0 Å². The second kappa shape index (κ2) is 6.71. The highest BCUT2D eigenvalue weighted by molar-refractivity contribution is 5.31. The largest absolute Gasteiger partial charge is 0.345 e. The van der Waals surface area contributed by atoms with Crippen molar-refractivity contribution in [2.24, 2.45) is 5.92 Å². The molecule has 0 radical (unpaired) electrons. The first kappa shape index (κ1) is 14.8. The fraction of sp³-hybridized carbons (Fsp3) is 0.471. The van der Waals surface area contributed by atoms with Gasteiger partial charge in [-0.1, -0.05) is 32.0 Å². The molecule has 1 aromatic carbocycles. The lowest BCUT2D eigenvalue weighted by Gasteiger charge is -2.05. The van der Waals surface area contributed by atoms with Gasteiger partial charge in [0.1, 0.15) is 5.82 Å². The molecule has 0 aliphatic heterocycles. The first-order chi connectivity index (χ1) is 9.54. The third kappa shape index (κ3) is 4.20. The van der Waals surface area contributed by atoms with Crippen LogP contribution in [0.4, 0.5) is 0 Å². The van der Waals surface area contributed by atoms with E-state index < -0.39 is 0 Å². The van der Waals surface area contributed by atoms with Gasteiger partial charge in [-0.05, 0) is 43.0 Å². The van der Waals surface area contributed by atoms with E-state index in [0.717, 1.165) is 31.0 Å². The molecule has 0 aliphatic rings. The van der Waals surface area contributed by atoms with E-state index in [2.05, 4.69) is 61.2 Å². The molecular weight excluding hydrogens is 246 g/mol. The monoisotopic (exact) mass is 271 g/mol. The minimum atomic E-state index is 0.674. The van der Waals surface area contributed by atoms with Crippen molar-refractivity contribution in [3.63, 3.8) is 0 Å². The fourth-order valence-electron chi connectivity index (χ4n) is 2.19. The molecule has 20 heavy (non-hydrogen) atoms. The van der Waals surface area contributed by atoms with E-state index in [4.69, 9.17) is 0 Å². The van der Waals surface area contributed by atoms with Crippen LogP contribution in [-0.2, 0) is 13.0 Å². The average molecular weight is 271 g/mol. The Balaban J connectivity index is 1.93. The van der Waals surface area contributed by atoms with Crippen LogP contribution in [0.5, 0.6) is 0 Å². The summed E-state index contributed by atoms with van der Waals surface area (Å²) in [6, 6.07) is 6.61. The van der Waals surface area contributed by atoms with E-state index in [1.165, 1.54) is 16.7 Å². The maximum Gasteiger partial charge on any atom is 0.110 e. The summed E-state index contributed by atoms with van der Waals surface area (Å²) < 4.78 is 0. The Morgan fingerprint density at radius 3 is 2.70 bits per heavy atom. The molecule has 108 valence electrons. The number of nitrogens with zero attached hydrogens (tertiary/aromatic N) is 1. The molecule has 2 aromatic rings. The lowest BCUT2D eigenvalue weighted by Crippen LogP contribution is -2.19. The predicted octanol–water partition coefficient (Wildman–Crippen LogP) is 3.36. The minimum absolute atomic E-state index is 0.674. The maximum atomic E-state index is 4.47. The van der Waals surface area contributed by atoms with Crippen molar-refractivity contribution in [2.45, 2.75) is 40.7 Å². The standard InChI is InChI=1S/C17H25N3/c1-12(2)9-18-10-16-11-19-17(20-16)8-15-6-5-13(3)14(4)7-15/h5-7,11-12,18H,8-10H2,1-4H3,(H,19,20). The van der Waals surface area contributed by atoms with E-state index in [0.29, 0.717) is 5.92 Å². The number of aromatic amines is 1. The normalized spacial score (nSPS) is 11.2. The molecule has 3 nitrogen and oxygen atoms in total. The molecule has 0 unspecified atom stereocenters. The van der Waals surface area contributed by atoms with Gasteiger partial charge in [0.25, 0.3) is 0 Å². The molecule has 0 spiro atoms. The smallest absolute Gasteiger partial charge is 0.110 e. The molecule has 2 N–H and O–H groups in total. The van der Waals surface area contributed by atoms with Gasteiger partial charge in [0.15, 0.2) is 0 Å². The highest BCUT2D eigenvalue weighted by Crippen LogP contribution is 2.12. The lowest BCUT2D eigenvalue weighted by atomic mass is 10.0. The molecule has 3 heteroatoms. The van der Waals surface area contributed by atoms with Crippen molar-refractivity contribution in [3.05, 3.63) is 52.6 Å². The van der Waals surface area contributed by atoms with Crippen LogP contribution in [0.2, 0.25) is 0 Å². The number of hydrogen-bond acceptors (Lipinski definition) is 2. The van der Waals surface area contributed by atoms with E-state index in [-0.39, 0.29) is 0 Å². The zero-order valence-corrected chi connectivity index (χ0v) is 13.0. The molecule has 0 saturated heterocycles. The summed E-state index contributed by atoms with van der Waals surface area (Å²) in [6.07, 6.45) is 2.80. The number of aryl methyl sites for hydroxylation is 2. The zero-order chi connectivity index (χ0) is 14.5. The number of nitrogens with one attached hydrogen (secondary N) is 2. The maximum absolute atomic E-state index is 4.47. The van der Waals surface area contributed by atoms with Crippen molar-refractivity contribution in [2.75, 3.05) is 6.54 Å². The molecular formula is C17H25N3. The third-order valence-electron chi connectivity index (χ3n) is 3.49. The second-order valence-electron chi connectivity index (χ2n) is 5.98. The first-order valence-corrected chi connectivity index (χ1v) is 7.34. The summed E-state index contributed by atoms with van der Waals surface area (Å²) in [6.45, 7) is 10.6. The second-order valence-corrected chi connectivity index (χ2v) is 5.98. The Bertz CT molecular complexity index is 555. The Kier molecular flexibility index (Phi) is 4.96. The van der Waals surface area contributed by atoms with Crippen LogP contribution >= 0.6 is 0 Å². The molecule has 2 rings (SSSR count). The van der Waals surface area contributed by atoms with Gasteiger partial charge in [-0.15, -0.1) is 0 Å². The zero-order valence-electron chi connectivity index (χ0n) is 13.0. The summed E-state index contributed by atoms with van der Waals surface area (Å²) in [5, 5.41) is 3.42. The number of imidazole rings is 1. The number of aromatic nitrogens is 2. The SMILES string of the molecule is Cc1ccc(Cc2ncc(CNCC(C)C)[nH]2)cc1C. The Morgan fingerprint density at radius 1 is 1.20 bits per heavy atom. The summed E-state index contributed by atoms with van der Waals surface area (Å²) in [4.78, 5) is 7.86. The number of rotatable bonds is 6. The fourth-order valence-corrected chi connectivity index (χ4v) is 2.19. The van der Waals surface area contributed by atoms with E-state index in [9.17, 15) is 0 Å². The molecule has 0 saturated carbocycles. The van der Waals surface area contributed by atoms with E-state index in [1.54, 1.807) is 0 Å². The van der Waals surface area contributed by atoms with Crippen LogP contribution < -0.4 is 5.32 Å². The topological polar surface area (TPSA) is 40.7 Å². The van der Waals surface area contributed by atoms with Gasteiger partial charge in [0.2, 0.25) is 0 Å². The molecule has 0 amide bonds. The Hall–Kier alpha value is -1.61. The minimum Gasteiger partial charge on any atom is -0.345 e. The first-order valence-electron chi connectivity index (χ1n) is 7.34. The Morgan fingerprint density at radius 2 is 2.00 bits per heavy atom. The van der Waals surface area contributed by atoms with Crippen molar-refractivity contribution in [1.82, 2.24) is 15.3 Å². The summed E-state index contributed by atoms with van der Waals surface area (Å²) in [5.74, 6) is 1.71. The average Bonchev–Trinajstić information content (AvgIpc) is 2.81. The van der Waals surface area contributed by atoms with E-state index in [1.807, 2.05) is 6.20 Å². The molecule has 0 atom stereocenters.